The normalized spacial score (nSPS) is 10.3. The van der Waals surface area contributed by atoms with Gasteiger partial charge in [0.1, 0.15) is 11.5 Å². The third-order valence-corrected chi connectivity index (χ3v) is 5.56. The van der Waals surface area contributed by atoms with E-state index in [1.165, 1.54) is 11.3 Å². The minimum absolute atomic E-state index is 0.415. The van der Waals surface area contributed by atoms with Gasteiger partial charge >= 0.3 is 0 Å². The van der Waals surface area contributed by atoms with E-state index in [4.69, 9.17) is 14.7 Å². The molecule has 1 N–H and O–H groups in total. The molecule has 0 bridgehead atoms. The van der Waals surface area contributed by atoms with Gasteiger partial charge in [0.2, 0.25) is 5.13 Å². The van der Waals surface area contributed by atoms with Gasteiger partial charge in [0.25, 0.3) is 0 Å². The molecule has 3 aromatic rings. The van der Waals surface area contributed by atoms with Crippen LogP contribution in [0.1, 0.15) is 12.5 Å². The molecule has 0 saturated heterocycles. The lowest BCUT2D eigenvalue weighted by molar-refractivity contribution is 0.342. The van der Waals surface area contributed by atoms with Gasteiger partial charge in [-0.1, -0.05) is 47.4 Å². The Labute approximate surface area is 172 Å². The van der Waals surface area contributed by atoms with Gasteiger partial charge in [-0.2, -0.15) is 5.26 Å². The fourth-order valence-corrected chi connectivity index (χ4v) is 4.02. The smallest absolute Gasteiger partial charge is 0.210 e. The van der Waals surface area contributed by atoms with E-state index in [2.05, 4.69) is 21.6 Å². The molecule has 1 aromatic heterocycles. The van der Waals surface area contributed by atoms with Crippen molar-refractivity contribution in [3.05, 3.63) is 54.1 Å². The van der Waals surface area contributed by atoms with E-state index in [-0.39, 0.29) is 0 Å². The highest BCUT2D eigenvalue weighted by Crippen LogP contribution is 2.31. The summed E-state index contributed by atoms with van der Waals surface area (Å²) in [6, 6.07) is 17.5. The van der Waals surface area contributed by atoms with Gasteiger partial charge in [0.05, 0.1) is 31.4 Å². The molecule has 0 saturated carbocycles. The minimum Gasteiger partial charge on any atom is -0.493 e. The topological polar surface area (TPSA) is 80.1 Å². The molecular weight excluding hydrogens is 392 g/mol. The van der Waals surface area contributed by atoms with Gasteiger partial charge < -0.3 is 14.8 Å². The quantitative estimate of drug-likeness (QED) is 0.374. The van der Waals surface area contributed by atoms with Gasteiger partial charge in [0, 0.05) is 5.75 Å². The molecule has 0 aliphatic rings. The number of rotatable bonds is 10. The summed E-state index contributed by atoms with van der Waals surface area (Å²) in [6.45, 7) is 3.13. The monoisotopic (exact) mass is 412 g/mol. The number of nitrogens with one attached hydrogen (secondary N) is 1. The molecule has 0 atom stereocenters. The second kappa shape index (κ2) is 10.5. The highest BCUT2D eigenvalue weighted by atomic mass is 32.2. The summed E-state index contributed by atoms with van der Waals surface area (Å²) >= 11 is 3.10. The fourth-order valence-electron chi connectivity index (χ4n) is 2.37. The van der Waals surface area contributed by atoms with E-state index in [0.717, 1.165) is 38.0 Å². The van der Waals surface area contributed by atoms with E-state index >= 15 is 0 Å². The first kappa shape index (κ1) is 20.0. The van der Waals surface area contributed by atoms with Crippen LogP contribution in [-0.2, 0) is 6.42 Å². The Hall–Kier alpha value is -2.76. The van der Waals surface area contributed by atoms with Crippen molar-refractivity contribution in [2.75, 3.05) is 24.3 Å². The largest absolute Gasteiger partial charge is 0.493 e. The van der Waals surface area contributed by atoms with Crippen LogP contribution in [-0.4, -0.2) is 29.2 Å². The lowest BCUT2D eigenvalue weighted by Crippen LogP contribution is -2.00. The van der Waals surface area contributed by atoms with E-state index in [9.17, 15) is 0 Å². The molecule has 0 amide bonds. The SMILES string of the molecule is CCOc1ccccc1Nc1nnc(SCCOc2ccc(CC#N)cc2)s1. The van der Waals surface area contributed by atoms with Gasteiger partial charge in [0.15, 0.2) is 4.34 Å². The second-order valence-corrected chi connectivity index (χ2v) is 7.92. The average Bonchev–Trinajstić information content (AvgIpc) is 3.16. The van der Waals surface area contributed by atoms with E-state index < -0.39 is 0 Å². The molecule has 0 radical (unpaired) electrons. The van der Waals surface area contributed by atoms with Crippen LogP contribution in [0, 0.1) is 11.3 Å². The Morgan fingerprint density at radius 2 is 1.93 bits per heavy atom. The summed E-state index contributed by atoms with van der Waals surface area (Å²) < 4.78 is 12.2. The highest BCUT2D eigenvalue weighted by Gasteiger charge is 2.08. The molecule has 0 aliphatic heterocycles. The van der Waals surface area contributed by atoms with E-state index in [1.54, 1.807) is 11.8 Å². The van der Waals surface area contributed by atoms with Crippen molar-refractivity contribution < 1.29 is 9.47 Å². The van der Waals surface area contributed by atoms with E-state index in [0.29, 0.717) is 19.6 Å². The lowest BCUT2D eigenvalue weighted by atomic mass is 10.2. The summed E-state index contributed by atoms with van der Waals surface area (Å²) in [5.41, 5.74) is 1.87. The molecular formula is C20H20N4O2S2. The molecule has 0 unspecified atom stereocenters. The third-order valence-electron chi connectivity index (χ3n) is 3.62. The maximum atomic E-state index is 8.69. The van der Waals surface area contributed by atoms with Crippen molar-refractivity contribution in [2.45, 2.75) is 17.7 Å². The zero-order valence-corrected chi connectivity index (χ0v) is 17.1. The molecule has 3 rings (SSSR count). The first-order valence-electron chi connectivity index (χ1n) is 8.82. The number of nitrogens with zero attached hydrogens (tertiary/aromatic N) is 3. The van der Waals surface area contributed by atoms with Crippen LogP contribution in [0.4, 0.5) is 10.8 Å². The predicted octanol–water partition coefficient (Wildman–Crippen LogP) is 4.92. The molecule has 0 spiro atoms. The van der Waals surface area contributed by atoms with Crippen molar-refractivity contribution in [3.63, 3.8) is 0 Å². The van der Waals surface area contributed by atoms with Gasteiger partial charge in [-0.3, -0.25) is 0 Å². The van der Waals surface area contributed by atoms with E-state index in [1.807, 2.05) is 55.5 Å². The minimum atomic E-state index is 0.415. The molecule has 28 heavy (non-hydrogen) atoms. The van der Waals surface area contributed by atoms with Crippen LogP contribution in [0.15, 0.2) is 52.9 Å². The molecule has 8 heteroatoms. The maximum absolute atomic E-state index is 8.69. The fraction of sp³-hybridized carbons (Fsp3) is 0.250. The summed E-state index contributed by atoms with van der Waals surface area (Å²) in [6.07, 6.45) is 0.415. The molecule has 144 valence electrons. The van der Waals surface area contributed by atoms with Crippen LogP contribution in [0.5, 0.6) is 11.5 Å². The number of ether oxygens (including phenoxy) is 2. The number of thioether (sulfide) groups is 1. The number of hydrogen-bond donors (Lipinski definition) is 1. The van der Waals surface area contributed by atoms with Gasteiger partial charge in [-0.15, -0.1) is 10.2 Å². The van der Waals surface area contributed by atoms with Gasteiger partial charge in [-0.05, 0) is 36.8 Å². The van der Waals surface area contributed by atoms with Crippen molar-refractivity contribution in [2.24, 2.45) is 0 Å². The Kier molecular flexibility index (Phi) is 7.53. The first-order chi connectivity index (χ1) is 13.8. The molecule has 0 fully saturated rings. The second-order valence-electron chi connectivity index (χ2n) is 5.60. The zero-order valence-electron chi connectivity index (χ0n) is 15.4. The van der Waals surface area contributed by atoms with Gasteiger partial charge in [-0.25, -0.2) is 0 Å². The van der Waals surface area contributed by atoms with Crippen LogP contribution in [0.3, 0.4) is 0 Å². The van der Waals surface area contributed by atoms with Crippen LogP contribution >= 0.6 is 23.1 Å². The number of aromatic nitrogens is 2. The molecule has 0 aliphatic carbocycles. The molecule has 2 aromatic carbocycles. The van der Waals surface area contributed by atoms with Crippen LogP contribution < -0.4 is 14.8 Å². The van der Waals surface area contributed by atoms with Crippen molar-refractivity contribution in [1.29, 1.82) is 5.26 Å². The lowest BCUT2D eigenvalue weighted by Gasteiger charge is -2.09. The molecule has 1 heterocycles. The number of hydrogen-bond acceptors (Lipinski definition) is 8. The summed E-state index contributed by atoms with van der Waals surface area (Å²) in [5.74, 6) is 2.36. The Morgan fingerprint density at radius 3 is 2.71 bits per heavy atom. The Morgan fingerprint density at radius 1 is 1.11 bits per heavy atom. The van der Waals surface area contributed by atoms with Crippen LogP contribution in [0.25, 0.3) is 0 Å². The third kappa shape index (κ3) is 5.87. The summed E-state index contributed by atoms with van der Waals surface area (Å²) in [4.78, 5) is 0. The highest BCUT2D eigenvalue weighted by molar-refractivity contribution is 8.01. The Balaban J connectivity index is 1.45. The number of nitriles is 1. The summed E-state index contributed by atoms with van der Waals surface area (Å²) in [5, 5.41) is 21.1. The van der Waals surface area contributed by atoms with Crippen LogP contribution in [0.2, 0.25) is 0 Å². The maximum Gasteiger partial charge on any atom is 0.210 e. The number of benzene rings is 2. The zero-order chi connectivity index (χ0) is 19.6. The first-order valence-corrected chi connectivity index (χ1v) is 10.6. The van der Waals surface area contributed by atoms with Crippen molar-refractivity contribution in [3.8, 4) is 17.6 Å². The van der Waals surface area contributed by atoms with Crippen molar-refractivity contribution in [1.82, 2.24) is 10.2 Å². The predicted molar refractivity (Wildman–Crippen MR) is 113 cm³/mol. The molecule has 6 nitrogen and oxygen atoms in total. The average molecular weight is 413 g/mol. The Bertz CT molecular complexity index is 922. The standard InChI is InChI=1S/C20H20N4O2S2/c1-2-25-18-6-4-3-5-17(18)22-19-23-24-20(28-19)27-14-13-26-16-9-7-15(8-10-16)11-12-21/h3-10H,2,11,13-14H2,1H3,(H,22,23). The summed E-state index contributed by atoms with van der Waals surface area (Å²) in [7, 11) is 0. The number of para-hydroxylation sites is 2. The number of anilines is 2. The van der Waals surface area contributed by atoms with Crippen molar-refractivity contribution >= 4 is 33.9 Å².